The molecule has 1 heterocycles. The fraction of sp³-hybridized carbons (Fsp3) is 0.333. The Morgan fingerprint density at radius 3 is 2.81 bits per heavy atom. The largest absolute Gasteiger partial charge is 0.389 e. The van der Waals surface area contributed by atoms with Gasteiger partial charge < -0.3 is 10.1 Å². The first kappa shape index (κ1) is 16.1. The summed E-state index contributed by atoms with van der Waals surface area (Å²) in [6.45, 7) is 3.71. The van der Waals surface area contributed by atoms with E-state index in [1.165, 1.54) is 17.8 Å². The molecule has 4 nitrogen and oxygen atoms in total. The maximum Gasteiger partial charge on any atom is 0.251 e. The second-order valence-electron chi connectivity index (χ2n) is 4.75. The highest BCUT2D eigenvalue weighted by Gasteiger charge is 2.09. The number of H-pyrrole nitrogens is 1. The zero-order valence-corrected chi connectivity index (χ0v) is 13.5. The van der Waals surface area contributed by atoms with Crippen molar-refractivity contribution in [2.24, 2.45) is 0 Å². The minimum absolute atomic E-state index is 0.150. The Labute approximate surface area is 132 Å². The third-order valence-corrected chi connectivity index (χ3v) is 4.12. The van der Waals surface area contributed by atoms with E-state index in [0.29, 0.717) is 15.7 Å². The number of halogens is 1. The lowest BCUT2D eigenvalue weighted by atomic mass is 10.1. The van der Waals surface area contributed by atoms with Crippen molar-refractivity contribution in [3.63, 3.8) is 0 Å². The molecule has 0 aliphatic carbocycles. The summed E-state index contributed by atoms with van der Waals surface area (Å²) in [6, 6.07) is 6.92. The molecular formula is C15H17ClN2O2S. The van der Waals surface area contributed by atoms with E-state index in [0.717, 1.165) is 23.4 Å². The molecule has 2 aromatic rings. The molecule has 112 valence electrons. The number of rotatable bonds is 5. The zero-order chi connectivity index (χ0) is 15.4. The summed E-state index contributed by atoms with van der Waals surface area (Å²) in [5.74, 6) is 0. The van der Waals surface area contributed by atoms with E-state index >= 15 is 0 Å². The fourth-order valence-electron chi connectivity index (χ4n) is 1.94. The van der Waals surface area contributed by atoms with Crippen molar-refractivity contribution in [1.82, 2.24) is 9.97 Å². The second-order valence-corrected chi connectivity index (χ2v) is 6.22. The van der Waals surface area contributed by atoms with Crippen molar-refractivity contribution in [3.05, 3.63) is 50.9 Å². The third kappa shape index (κ3) is 4.33. The Balaban J connectivity index is 2.26. The summed E-state index contributed by atoms with van der Waals surface area (Å²) in [6.07, 6.45) is 1.11. The molecule has 1 unspecified atom stereocenters. The van der Waals surface area contributed by atoms with Gasteiger partial charge in [-0.2, -0.15) is 0 Å². The first-order chi connectivity index (χ1) is 9.99. The van der Waals surface area contributed by atoms with Crippen LogP contribution in [-0.4, -0.2) is 15.1 Å². The quantitative estimate of drug-likeness (QED) is 0.825. The molecule has 0 saturated carbocycles. The van der Waals surface area contributed by atoms with Crippen LogP contribution in [-0.2, 0) is 6.42 Å². The molecule has 6 heteroatoms. The van der Waals surface area contributed by atoms with E-state index in [9.17, 15) is 9.90 Å². The fourth-order valence-corrected chi connectivity index (χ4v) is 3.19. The highest BCUT2D eigenvalue weighted by atomic mass is 35.5. The molecule has 2 rings (SSSR count). The van der Waals surface area contributed by atoms with Crippen LogP contribution in [0.5, 0.6) is 0 Å². The van der Waals surface area contributed by atoms with Gasteiger partial charge in [0.1, 0.15) is 0 Å². The number of hydrogen-bond acceptors (Lipinski definition) is 4. The normalized spacial score (nSPS) is 12.4. The van der Waals surface area contributed by atoms with Crippen molar-refractivity contribution in [2.75, 3.05) is 0 Å². The molecule has 0 aliphatic rings. The zero-order valence-electron chi connectivity index (χ0n) is 11.9. The number of aliphatic hydroxyl groups is 1. The van der Waals surface area contributed by atoms with Crippen molar-refractivity contribution < 1.29 is 5.11 Å². The summed E-state index contributed by atoms with van der Waals surface area (Å²) in [5.41, 5.74) is 1.32. The number of aromatic amines is 1. The number of benzene rings is 1. The van der Waals surface area contributed by atoms with Crippen molar-refractivity contribution in [3.8, 4) is 0 Å². The molecule has 21 heavy (non-hydrogen) atoms. The minimum Gasteiger partial charge on any atom is -0.389 e. The molecule has 1 atom stereocenters. The number of nitrogens with zero attached hydrogens (tertiary/aromatic N) is 1. The van der Waals surface area contributed by atoms with E-state index in [2.05, 4.69) is 9.97 Å². The first-order valence-electron chi connectivity index (χ1n) is 6.75. The molecule has 2 N–H and O–H groups in total. The van der Waals surface area contributed by atoms with Crippen LogP contribution in [0.2, 0.25) is 5.02 Å². The van der Waals surface area contributed by atoms with Gasteiger partial charge >= 0.3 is 0 Å². The van der Waals surface area contributed by atoms with Gasteiger partial charge in [0, 0.05) is 21.7 Å². The van der Waals surface area contributed by atoms with Gasteiger partial charge in [0.2, 0.25) is 0 Å². The summed E-state index contributed by atoms with van der Waals surface area (Å²) in [4.78, 5) is 19.6. The van der Waals surface area contributed by atoms with Gasteiger partial charge in [-0.3, -0.25) is 4.79 Å². The Kier molecular flexibility index (Phi) is 5.45. The summed E-state index contributed by atoms with van der Waals surface area (Å²) < 4.78 is 0. The number of aliphatic hydroxyl groups excluding tert-OH is 1. The van der Waals surface area contributed by atoms with Crippen molar-refractivity contribution in [1.29, 1.82) is 0 Å². The maximum atomic E-state index is 11.6. The van der Waals surface area contributed by atoms with Crippen molar-refractivity contribution in [2.45, 2.75) is 42.8 Å². The van der Waals surface area contributed by atoms with Crippen LogP contribution < -0.4 is 5.56 Å². The Hall–Kier alpha value is -1.30. The van der Waals surface area contributed by atoms with Crippen LogP contribution in [0.3, 0.4) is 0 Å². The number of nitrogens with one attached hydrogen (secondary N) is 1. The lowest BCUT2D eigenvalue weighted by molar-refractivity contribution is 0.199. The maximum absolute atomic E-state index is 11.6. The van der Waals surface area contributed by atoms with Crippen LogP contribution in [0.1, 0.15) is 37.6 Å². The van der Waals surface area contributed by atoms with Gasteiger partial charge in [-0.1, -0.05) is 42.8 Å². The molecule has 0 aliphatic heterocycles. The van der Waals surface area contributed by atoms with Gasteiger partial charge in [-0.15, -0.1) is 0 Å². The van der Waals surface area contributed by atoms with Crippen LogP contribution in [0.4, 0.5) is 0 Å². The SMILES string of the molecule is CCCc1cc(=O)[nH]c(Sc2ccc(C(C)O)c(Cl)c2)n1. The van der Waals surface area contributed by atoms with Gasteiger partial charge in [-0.05, 0) is 31.0 Å². The van der Waals surface area contributed by atoms with Crippen molar-refractivity contribution >= 4 is 23.4 Å². The molecule has 0 radical (unpaired) electrons. The standard InChI is InChI=1S/C15H17ClN2O2S/c1-3-4-10-7-14(20)18-15(17-10)21-11-5-6-12(9(2)19)13(16)8-11/h5-9,19H,3-4H2,1-2H3,(H,17,18,20). The van der Waals surface area contributed by atoms with E-state index in [1.54, 1.807) is 19.1 Å². The third-order valence-electron chi connectivity index (χ3n) is 2.92. The summed E-state index contributed by atoms with van der Waals surface area (Å²) >= 11 is 7.48. The second kappa shape index (κ2) is 7.11. The molecule has 1 aromatic carbocycles. The Morgan fingerprint density at radius 1 is 1.43 bits per heavy atom. The lowest BCUT2D eigenvalue weighted by Crippen LogP contribution is -2.09. The highest BCUT2D eigenvalue weighted by Crippen LogP contribution is 2.30. The smallest absolute Gasteiger partial charge is 0.251 e. The Bertz CT molecular complexity index is 686. The highest BCUT2D eigenvalue weighted by molar-refractivity contribution is 7.99. The van der Waals surface area contributed by atoms with Gasteiger partial charge in [0.25, 0.3) is 5.56 Å². The van der Waals surface area contributed by atoms with Crippen LogP contribution >= 0.6 is 23.4 Å². The molecular weight excluding hydrogens is 308 g/mol. The monoisotopic (exact) mass is 324 g/mol. The molecule has 0 bridgehead atoms. The van der Waals surface area contributed by atoms with E-state index < -0.39 is 6.10 Å². The first-order valence-corrected chi connectivity index (χ1v) is 7.94. The average molecular weight is 325 g/mol. The van der Waals surface area contributed by atoms with Crippen LogP contribution in [0, 0.1) is 0 Å². The molecule has 1 aromatic heterocycles. The average Bonchev–Trinajstić information content (AvgIpc) is 2.37. The molecule has 0 amide bonds. The van der Waals surface area contributed by atoms with Gasteiger partial charge in [0.05, 0.1) is 6.10 Å². The molecule has 0 fully saturated rings. The van der Waals surface area contributed by atoms with E-state index in [-0.39, 0.29) is 5.56 Å². The van der Waals surface area contributed by atoms with Crippen LogP contribution in [0.15, 0.2) is 39.1 Å². The van der Waals surface area contributed by atoms with Gasteiger partial charge in [-0.25, -0.2) is 4.98 Å². The molecule has 0 saturated heterocycles. The number of aryl methyl sites for hydroxylation is 1. The van der Waals surface area contributed by atoms with Gasteiger partial charge in [0.15, 0.2) is 5.16 Å². The predicted octanol–water partition coefficient (Wildman–Crippen LogP) is 3.58. The summed E-state index contributed by atoms with van der Waals surface area (Å²) in [5, 5.41) is 10.6. The summed E-state index contributed by atoms with van der Waals surface area (Å²) in [7, 11) is 0. The van der Waals surface area contributed by atoms with E-state index in [4.69, 9.17) is 11.6 Å². The minimum atomic E-state index is -0.609. The number of hydrogen-bond donors (Lipinski definition) is 2. The predicted molar refractivity (Wildman–Crippen MR) is 85.1 cm³/mol. The lowest BCUT2D eigenvalue weighted by Gasteiger charge is -2.09. The van der Waals surface area contributed by atoms with E-state index in [1.807, 2.05) is 13.0 Å². The molecule has 0 spiro atoms. The topological polar surface area (TPSA) is 66.0 Å². The van der Waals surface area contributed by atoms with Crippen LogP contribution in [0.25, 0.3) is 0 Å². The Morgan fingerprint density at radius 2 is 2.19 bits per heavy atom. The number of aromatic nitrogens is 2.